The number of carbonyl (C=O) groups is 1. The van der Waals surface area contributed by atoms with Gasteiger partial charge < -0.3 is 9.88 Å². The molecule has 2 heterocycles. The van der Waals surface area contributed by atoms with Crippen molar-refractivity contribution in [3.8, 4) is 0 Å². The van der Waals surface area contributed by atoms with Crippen molar-refractivity contribution in [2.24, 2.45) is 0 Å². The number of alkyl halides is 3. The molecule has 1 amide bonds. The average Bonchev–Trinajstić information content (AvgIpc) is 3.37. The number of thiazole rings is 1. The number of nitrogens with one attached hydrogen (secondary N) is 2. The van der Waals surface area contributed by atoms with Crippen LogP contribution in [0.4, 0.5) is 24.0 Å². The van der Waals surface area contributed by atoms with Gasteiger partial charge in [0, 0.05) is 29.0 Å². The van der Waals surface area contributed by atoms with E-state index >= 15 is 0 Å². The third kappa shape index (κ3) is 4.75. The van der Waals surface area contributed by atoms with E-state index in [9.17, 15) is 26.4 Å². The minimum atomic E-state index is -4.48. The summed E-state index contributed by atoms with van der Waals surface area (Å²) in [7, 11) is -3.82. The number of nitrogens with zero attached hydrogens (tertiary/aromatic N) is 2. The van der Waals surface area contributed by atoms with Crippen molar-refractivity contribution >= 4 is 49.0 Å². The van der Waals surface area contributed by atoms with Crippen LogP contribution in [0.3, 0.4) is 0 Å². The Labute approximate surface area is 184 Å². The largest absolute Gasteiger partial charge is 0.416 e. The maximum atomic E-state index is 13.0. The van der Waals surface area contributed by atoms with Gasteiger partial charge in [-0.3, -0.25) is 9.52 Å². The fourth-order valence-corrected chi connectivity index (χ4v) is 4.81. The van der Waals surface area contributed by atoms with Crippen LogP contribution in [0, 0.1) is 0 Å². The van der Waals surface area contributed by atoms with Crippen LogP contribution in [0.2, 0.25) is 0 Å². The van der Waals surface area contributed by atoms with Crippen LogP contribution in [-0.2, 0) is 27.5 Å². The van der Waals surface area contributed by atoms with Gasteiger partial charge in [-0.25, -0.2) is 13.4 Å². The molecule has 12 heteroatoms. The second kappa shape index (κ2) is 8.28. The molecule has 0 fully saturated rings. The van der Waals surface area contributed by atoms with Crippen LogP contribution in [0.25, 0.3) is 10.9 Å². The predicted octanol–water partition coefficient (Wildman–Crippen LogP) is 4.56. The molecule has 166 valence electrons. The van der Waals surface area contributed by atoms with Crippen LogP contribution in [0.15, 0.2) is 71.2 Å². The minimum Gasteiger partial charge on any atom is -0.338 e. The molecule has 2 aromatic carbocycles. The summed E-state index contributed by atoms with van der Waals surface area (Å²) in [6, 6.07) is 10.5. The molecule has 4 aromatic rings. The van der Waals surface area contributed by atoms with Crippen molar-refractivity contribution in [3.63, 3.8) is 0 Å². The lowest BCUT2D eigenvalue weighted by Crippen LogP contribution is -2.18. The van der Waals surface area contributed by atoms with Crippen LogP contribution >= 0.6 is 11.3 Å². The smallest absolute Gasteiger partial charge is 0.338 e. The van der Waals surface area contributed by atoms with E-state index in [1.165, 1.54) is 47.3 Å². The topological polar surface area (TPSA) is 93.1 Å². The fourth-order valence-electron chi connectivity index (χ4n) is 3.02. The standard InChI is InChI=1S/C20H15F3N4O3S2/c21-20(22,23)14-2-1-13-7-9-27(17(13)11-14)12-18(28)25-15-3-5-16(6-4-15)32(29,30)26-19-24-8-10-31-19/h1-11H,12H2,(H,24,26)(H,25,28). The molecule has 32 heavy (non-hydrogen) atoms. The van der Waals surface area contributed by atoms with Crippen LogP contribution in [-0.4, -0.2) is 23.9 Å². The van der Waals surface area contributed by atoms with E-state index < -0.39 is 27.7 Å². The van der Waals surface area contributed by atoms with Gasteiger partial charge in [0.1, 0.15) is 6.54 Å². The van der Waals surface area contributed by atoms with Crippen molar-refractivity contribution in [1.82, 2.24) is 9.55 Å². The molecular formula is C20H15F3N4O3S2. The Hall–Kier alpha value is -3.38. The van der Waals surface area contributed by atoms with E-state index in [2.05, 4.69) is 15.0 Å². The summed E-state index contributed by atoms with van der Waals surface area (Å²) >= 11 is 1.14. The fraction of sp³-hybridized carbons (Fsp3) is 0.100. The second-order valence-electron chi connectivity index (χ2n) is 6.73. The maximum absolute atomic E-state index is 13.0. The summed E-state index contributed by atoms with van der Waals surface area (Å²) in [5, 5.41) is 5.05. The Morgan fingerprint density at radius 1 is 1.09 bits per heavy atom. The van der Waals surface area contributed by atoms with E-state index in [0.29, 0.717) is 11.1 Å². The van der Waals surface area contributed by atoms with E-state index in [1.54, 1.807) is 11.4 Å². The van der Waals surface area contributed by atoms with E-state index in [0.717, 1.165) is 23.5 Å². The van der Waals surface area contributed by atoms with Gasteiger partial charge in [-0.05, 0) is 47.9 Å². The lowest BCUT2D eigenvalue weighted by Gasteiger charge is -2.10. The number of fused-ring (bicyclic) bond motifs is 1. The highest BCUT2D eigenvalue weighted by molar-refractivity contribution is 7.93. The third-order valence-corrected chi connectivity index (χ3v) is 6.69. The highest BCUT2D eigenvalue weighted by atomic mass is 32.2. The molecular weight excluding hydrogens is 465 g/mol. The minimum absolute atomic E-state index is 0.0122. The predicted molar refractivity (Wildman–Crippen MR) is 115 cm³/mol. The molecule has 0 radical (unpaired) electrons. The Balaban J connectivity index is 1.45. The Morgan fingerprint density at radius 2 is 1.84 bits per heavy atom. The molecule has 0 saturated heterocycles. The van der Waals surface area contributed by atoms with Crippen LogP contribution in [0.1, 0.15) is 5.56 Å². The molecule has 0 aliphatic rings. The van der Waals surface area contributed by atoms with Gasteiger partial charge >= 0.3 is 6.18 Å². The molecule has 0 aliphatic heterocycles. The van der Waals surface area contributed by atoms with E-state index in [-0.39, 0.29) is 22.1 Å². The Morgan fingerprint density at radius 3 is 2.50 bits per heavy atom. The SMILES string of the molecule is O=C(Cn1ccc2ccc(C(F)(F)F)cc21)Nc1ccc(S(=O)(=O)Nc2nccs2)cc1. The van der Waals surface area contributed by atoms with Gasteiger partial charge in [-0.2, -0.15) is 13.2 Å². The molecule has 0 atom stereocenters. The highest BCUT2D eigenvalue weighted by Crippen LogP contribution is 2.31. The summed E-state index contributed by atoms with van der Waals surface area (Å²) in [6.07, 6.45) is -1.48. The number of anilines is 2. The molecule has 2 aromatic heterocycles. The first-order valence-corrected chi connectivity index (χ1v) is 11.5. The van der Waals surface area contributed by atoms with Gasteiger partial charge in [0.15, 0.2) is 5.13 Å². The van der Waals surface area contributed by atoms with Crippen molar-refractivity contribution in [2.75, 3.05) is 10.0 Å². The van der Waals surface area contributed by atoms with Crippen molar-refractivity contribution in [2.45, 2.75) is 17.6 Å². The maximum Gasteiger partial charge on any atom is 0.416 e. The monoisotopic (exact) mass is 480 g/mol. The van der Waals surface area contributed by atoms with Crippen molar-refractivity contribution in [3.05, 3.63) is 71.9 Å². The van der Waals surface area contributed by atoms with Crippen LogP contribution in [0.5, 0.6) is 0 Å². The summed E-state index contributed by atoms with van der Waals surface area (Å²) in [6.45, 7) is -0.212. The number of hydrogen-bond donors (Lipinski definition) is 2. The van der Waals surface area contributed by atoms with Crippen molar-refractivity contribution in [1.29, 1.82) is 0 Å². The molecule has 0 unspecified atom stereocenters. The zero-order valence-electron chi connectivity index (χ0n) is 16.1. The number of halogens is 3. The molecule has 0 saturated carbocycles. The van der Waals surface area contributed by atoms with Gasteiger partial charge in [0.25, 0.3) is 10.0 Å². The molecule has 0 aliphatic carbocycles. The van der Waals surface area contributed by atoms with Crippen molar-refractivity contribution < 1.29 is 26.4 Å². The number of rotatable bonds is 6. The summed E-state index contributed by atoms with van der Waals surface area (Å²) < 4.78 is 67.4. The molecule has 7 nitrogen and oxygen atoms in total. The zero-order valence-corrected chi connectivity index (χ0v) is 17.8. The first-order valence-electron chi connectivity index (χ1n) is 9.10. The van der Waals surface area contributed by atoms with Crippen LogP contribution < -0.4 is 10.0 Å². The van der Waals surface area contributed by atoms with Gasteiger partial charge in [0.2, 0.25) is 5.91 Å². The second-order valence-corrected chi connectivity index (χ2v) is 9.31. The summed E-state index contributed by atoms with van der Waals surface area (Å²) in [5.41, 5.74) is -0.172. The number of amides is 1. The molecule has 4 rings (SSSR count). The first-order chi connectivity index (χ1) is 15.1. The number of hydrogen-bond acceptors (Lipinski definition) is 5. The van der Waals surface area contributed by atoms with Gasteiger partial charge in [0.05, 0.1) is 10.5 Å². The number of aromatic nitrogens is 2. The van der Waals surface area contributed by atoms with Gasteiger partial charge in [-0.15, -0.1) is 11.3 Å². The first kappa shape index (κ1) is 21.8. The number of benzene rings is 2. The van der Waals surface area contributed by atoms with E-state index in [4.69, 9.17) is 0 Å². The molecule has 0 spiro atoms. The Kier molecular flexibility index (Phi) is 5.65. The van der Waals surface area contributed by atoms with E-state index in [1.807, 2.05) is 0 Å². The molecule has 0 bridgehead atoms. The van der Waals surface area contributed by atoms with Gasteiger partial charge in [-0.1, -0.05) is 6.07 Å². The average molecular weight is 480 g/mol. The number of carbonyl (C=O) groups excluding carboxylic acids is 1. The Bertz CT molecular complexity index is 1360. The quantitative estimate of drug-likeness (QED) is 0.423. The normalized spacial score (nSPS) is 12.1. The highest BCUT2D eigenvalue weighted by Gasteiger charge is 2.30. The lowest BCUT2D eigenvalue weighted by atomic mass is 10.1. The summed E-state index contributed by atoms with van der Waals surface area (Å²) in [5.74, 6) is -0.476. The number of sulfonamides is 1. The summed E-state index contributed by atoms with van der Waals surface area (Å²) in [4.78, 5) is 16.3. The third-order valence-electron chi connectivity index (χ3n) is 4.52. The lowest BCUT2D eigenvalue weighted by molar-refractivity contribution is -0.137. The molecule has 2 N–H and O–H groups in total. The zero-order chi connectivity index (χ0) is 22.9.